The zero-order chi connectivity index (χ0) is 16.8. The molecule has 0 aromatic heterocycles. The van der Waals surface area contributed by atoms with Gasteiger partial charge in [-0.3, -0.25) is 4.79 Å². The predicted octanol–water partition coefficient (Wildman–Crippen LogP) is 4.08. The molecule has 2 N–H and O–H groups in total. The number of aliphatic carboxylic acids is 1. The van der Waals surface area contributed by atoms with Crippen molar-refractivity contribution in [3.63, 3.8) is 0 Å². The molecule has 0 aliphatic rings. The Morgan fingerprint density at radius 2 is 1.77 bits per heavy atom. The Hall–Kier alpha value is -1.35. The summed E-state index contributed by atoms with van der Waals surface area (Å²) in [7, 11) is 0. The molecule has 0 spiro atoms. The van der Waals surface area contributed by atoms with Crippen molar-refractivity contribution in [3.8, 4) is 0 Å². The van der Waals surface area contributed by atoms with Crippen LogP contribution >= 0.6 is 0 Å². The average molecular weight is 305 g/mol. The van der Waals surface area contributed by atoms with Gasteiger partial charge in [0.2, 0.25) is 0 Å². The molecule has 3 nitrogen and oxygen atoms in total. The smallest absolute Gasteiger partial charge is 0.307 e. The SMILES string of the molecule is CC(C)CC(CNC(C)CC(C)(C)c1ccccc1)C(=O)O. The van der Waals surface area contributed by atoms with Gasteiger partial charge in [0.05, 0.1) is 5.92 Å². The van der Waals surface area contributed by atoms with Gasteiger partial charge in [-0.15, -0.1) is 0 Å². The molecule has 22 heavy (non-hydrogen) atoms. The molecule has 3 heteroatoms. The Labute approximate surface area is 135 Å². The van der Waals surface area contributed by atoms with E-state index in [4.69, 9.17) is 0 Å². The Balaban J connectivity index is 2.54. The molecule has 1 rings (SSSR count). The first-order valence-electron chi connectivity index (χ1n) is 8.24. The molecule has 0 aliphatic heterocycles. The molecule has 0 radical (unpaired) electrons. The monoisotopic (exact) mass is 305 g/mol. The van der Waals surface area contributed by atoms with E-state index < -0.39 is 5.97 Å². The Morgan fingerprint density at radius 3 is 2.27 bits per heavy atom. The van der Waals surface area contributed by atoms with Crippen LogP contribution in [0.2, 0.25) is 0 Å². The zero-order valence-electron chi connectivity index (χ0n) is 14.6. The van der Waals surface area contributed by atoms with E-state index in [1.807, 2.05) is 6.07 Å². The van der Waals surface area contributed by atoms with Crippen LogP contribution in [0.3, 0.4) is 0 Å². The molecular formula is C19H31NO2. The summed E-state index contributed by atoms with van der Waals surface area (Å²) in [6.07, 6.45) is 1.70. The molecule has 0 bridgehead atoms. The van der Waals surface area contributed by atoms with Crippen LogP contribution in [0.25, 0.3) is 0 Å². The minimum atomic E-state index is -0.698. The minimum absolute atomic E-state index is 0.0739. The van der Waals surface area contributed by atoms with Crippen LogP contribution in [0.15, 0.2) is 30.3 Å². The normalized spacial score (nSPS) is 14.8. The van der Waals surface area contributed by atoms with E-state index in [0.29, 0.717) is 12.5 Å². The highest BCUT2D eigenvalue weighted by atomic mass is 16.4. The second-order valence-corrected chi connectivity index (χ2v) is 7.43. The number of benzene rings is 1. The molecule has 0 saturated carbocycles. The van der Waals surface area contributed by atoms with Crippen LogP contribution in [-0.4, -0.2) is 23.7 Å². The van der Waals surface area contributed by atoms with Crippen LogP contribution in [0, 0.1) is 11.8 Å². The standard InChI is InChI=1S/C19H31NO2/c1-14(2)11-16(18(21)22)13-20-15(3)12-19(4,5)17-9-7-6-8-10-17/h6-10,14-16,20H,11-13H2,1-5H3,(H,21,22). The van der Waals surface area contributed by atoms with Crippen molar-refractivity contribution in [2.45, 2.75) is 58.9 Å². The second-order valence-electron chi connectivity index (χ2n) is 7.43. The fraction of sp³-hybridized carbons (Fsp3) is 0.632. The minimum Gasteiger partial charge on any atom is -0.481 e. The summed E-state index contributed by atoms with van der Waals surface area (Å²) in [5.74, 6) is -0.600. The molecule has 0 aliphatic carbocycles. The lowest BCUT2D eigenvalue weighted by atomic mass is 9.79. The molecule has 1 aromatic rings. The lowest BCUT2D eigenvalue weighted by Gasteiger charge is -2.30. The molecule has 0 fully saturated rings. The van der Waals surface area contributed by atoms with Crippen molar-refractivity contribution in [1.29, 1.82) is 0 Å². The first-order chi connectivity index (χ1) is 10.2. The fourth-order valence-electron chi connectivity index (χ4n) is 3.03. The summed E-state index contributed by atoms with van der Waals surface area (Å²) in [4.78, 5) is 11.3. The Kier molecular flexibility index (Phi) is 7.08. The lowest BCUT2D eigenvalue weighted by Crippen LogP contribution is -2.38. The lowest BCUT2D eigenvalue weighted by molar-refractivity contribution is -0.142. The van der Waals surface area contributed by atoms with Crippen LogP contribution in [0.4, 0.5) is 0 Å². The average Bonchev–Trinajstić information content (AvgIpc) is 2.43. The molecule has 1 aromatic carbocycles. The molecular weight excluding hydrogens is 274 g/mol. The van der Waals surface area contributed by atoms with Crippen molar-refractivity contribution in [2.75, 3.05) is 6.54 Å². The maximum atomic E-state index is 11.3. The number of hydrogen-bond acceptors (Lipinski definition) is 2. The molecule has 0 heterocycles. The van der Waals surface area contributed by atoms with Gasteiger partial charge in [-0.25, -0.2) is 0 Å². The van der Waals surface area contributed by atoms with E-state index in [1.54, 1.807) is 0 Å². The van der Waals surface area contributed by atoms with E-state index in [9.17, 15) is 9.90 Å². The van der Waals surface area contributed by atoms with Gasteiger partial charge < -0.3 is 10.4 Å². The number of carboxylic acid groups (broad SMARTS) is 1. The van der Waals surface area contributed by atoms with Crippen molar-refractivity contribution in [2.24, 2.45) is 11.8 Å². The van der Waals surface area contributed by atoms with E-state index in [2.05, 4.69) is 64.2 Å². The third-order valence-electron chi connectivity index (χ3n) is 4.19. The summed E-state index contributed by atoms with van der Waals surface area (Å²) in [6, 6.07) is 10.8. The van der Waals surface area contributed by atoms with Crippen LogP contribution in [-0.2, 0) is 10.2 Å². The van der Waals surface area contributed by atoms with Gasteiger partial charge in [0, 0.05) is 12.6 Å². The van der Waals surface area contributed by atoms with E-state index in [1.165, 1.54) is 5.56 Å². The molecule has 0 saturated heterocycles. The quantitative estimate of drug-likeness (QED) is 0.723. The van der Waals surface area contributed by atoms with Crippen LogP contribution < -0.4 is 5.32 Å². The van der Waals surface area contributed by atoms with Gasteiger partial charge in [-0.1, -0.05) is 58.0 Å². The molecule has 0 amide bonds. The second kappa shape index (κ2) is 8.33. The van der Waals surface area contributed by atoms with Crippen molar-refractivity contribution < 1.29 is 9.90 Å². The third kappa shape index (κ3) is 6.18. The van der Waals surface area contributed by atoms with E-state index in [-0.39, 0.29) is 17.4 Å². The number of rotatable bonds is 9. The molecule has 124 valence electrons. The Morgan fingerprint density at radius 1 is 1.18 bits per heavy atom. The number of hydrogen-bond donors (Lipinski definition) is 2. The molecule has 2 unspecified atom stereocenters. The maximum absolute atomic E-state index is 11.3. The number of carboxylic acids is 1. The van der Waals surface area contributed by atoms with Gasteiger partial charge >= 0.3 is 5.97 Å². The largest absolute Gasteiger partial charge is 0.481 e. The Bertz CT molecular complexity index is 454. The summed E-state index contributed by atoms with van der Waals surface area (Å²) >= 11 is 0. The highest BCUT2D eigenvalue weighted by Crippen LogP contribution is 2.28. The maximum Gasteiger partial charge on any atom is 0.307 e. The highest BCUT2D eigenvalue weighted by molar-refractivity contribution is 5.70. The van der Waals surface area contributed by atoms with Gasteiger partial charge in [-0.05, 0) is 36.7 Å². The summed E-state index contributed by atoms with van der Waals surface area (Å²) in [5.41, 5.74) is 1.39. The van der Waals surface area contributed by atoms with Crippen LogP contribution in [0.1, 0.15) is 53.0 Å². The van der Waals surface area contributed by atoms with Gasteiger partial charge in [-0.2, -0.15) is 0 Å². The van der Waals surface area contributed by atoms with E-state index in [0.717, 1.165) is 12.8 Å². The third-order valence-corrected chi connectivity index (χ3v) is 4.19. The first-order valence-corrected chi connectivity index (χ1v) is 8.24. The summed E-state index contributed by atoms with van der Waals surface area (Å²) in [5, 5.41) is 12.7. The topological polar surface area (TPSA) is 49.3 Å². The zero-order valence-corrected chi connectivity index (χ0v) is 14.6. The number of carbonyl (C=O) groups is 1. The van der Waals surface area contributed by atoms with Crippen LogP contribution in [0.5, 0.6) is 0 Å². The van der Waals surface area contributed by atoms with Crippen molar-refractivity contribution >= 4 is 5.97 Å². The number of nitrogens with one attached hydrogen (secondary N) is 1. The highest BCUT2D eigenvalue weighted by Gasteiger charge is 2.24. The van der Waals surface area contributed by atoms with Crippen molar-refractivity contribution in [3.05, 3.63) is 35.9 Å². The predicted molar refractivity (Wildman–Crippen MR) is 92.1 cm³/mol. The van der Waals surface area contributed by atoms with Crippen molar-refractivity contribution in [1.82, 2.24) is 5.32 Å². The van der Waals surface area contributed by atoms with Gasteiger partial charge in [0.15, 0.2) is 0 Å². The first kappa shape index (κ1) is 18.7. The van der Waals surface area contributed by atoms with Gasteiger partial charge in [0.1, 0.15) is 0 Å². The fourth-order valence-corrected chi connectivity index (χ4v) is 3.03. The molecule has 2 atom stereocenters. The summed E-state index contributed by atoms with van der Waals surface area (Å²) in [6.45, 7) is 11.3. The summed E-state index contributed by atoms with van der Waals surface area (Å²) < 4.78 is 0. The van der Waals surface area contributed by atoms with E-state index >= 15 is 0 Å². The van der Waals surface area contributed by atoms with Gasteiger partial charge in [0.25, 0.3) is 0 Å².